The highest BCUT2D eigenvalue weighted by Crippen LogP contribution is 2.63. The normalized spacial score (nSPS) is 43.2. The first-order valence-electron chi connectivity index (χ1n) is 11.5. The molecule has 1 heterocycles. The fourth-order valence-electron chi connectivity index (χ4n) is 7.78. The van der Waals surface area contributed by atoms with Crippen molar-refractivity contribution < 1.29 is 19.1 Å². The van der Waals surface area contributed by atoms with E-state index >= 15 is 0 Å². The van der Waals surface area contributed by atoms with Gasteiger partial charge in [0, 0.05) is 36.8 Å². The predicted octanol–water partition coefficient (Wildman–Crippen LogP) is 4.10. The molecule has 162 valence electrons. The number of ketones is 1. The van der Waals surface area contributed by atoms with E-state index in [0.29, 0.717) is 37.0 Å². The molecule has 0 aromatic heterocycles. The molecule has 1 N–H and O–H groups in total. The lowest BCUT2D eigenvalue weighted by Gasteiger charge is -2.61. The van der Waals surface area contributed by atoms with E-state index in [-0.39, 0.29) is 40.6 Å². The summed E-state index contributed by atoms with van der Waals surface area (Å²) in [6, 6.07) is 6.42. The van der Waals surface area contributed by atoms with Gasteiger partial charge in [-0.05, 0) is 67.1 Å². The van der Waals surface area contributed by atoms with Crippen molar-refractivity contribution in [3.05, 3.63) is 35.6 Å². The van der Waals surface area contributed by atoms with Gasteiger partial charge in [-0.15, -0.1) is 0 Å². The minimum absolute atomic E-state index is 0.0246. The van der Waals surface area contributed by atoms with Crippen LogP contribution in [0.1, 0.15) is 64.4 Å². The number of carbonyl (C=O) groups is 2. The van der Waals surface area contributed by atoms with E-state index in [1.807, 2.05) is 4.90 Å². The number of aliphatic hydroxyl groups is 1. The lowest BCUT2D eigenvalue weighted by molar-refractivity contribution is -0.173. The molecular formula is C25H32FNO3. The Kier molecular flexibility index (Phi) is 4.62. The number of carbonyl (C=O) groups excluding carboxylic acids is 2. The Balaban J connectivity index is 1.46. The third kappa shape index (κ3) is 2.80. The molecule has 4 nitrogen and oxygen atoms in total. The molecule has 7 atom stereocenters. The molecule has 5 unspecified atom stereocenters. The van der Waals surface area contributed by atoms with Crippen LogP contribution in [0, 0.1) is 34.4 Å². The molecule has 1 aromatic rings. The average Bonchev–Trinajstić information content (AvgIpc) is 3.00. The highest BCUT2D eigenvalue weighted by Gasteiger charge is 2.64. The second kappa shape index (κ2) is 6.88. The third-order valence-corrected chi connectivity index (χ3v) is 9.29. The number of nitrogens with zero attached hydrogens (tertiary/aromatic N) is 1. The number of rotatable bonds is 2. The molecule has 1 aliphatic heterocycles. The molecule has 3 saturated carbocycles. The lowest BCUT2D eigenvalue weighted by atomic mass is 9.47. The monoisotopic (exact) mass is 413 g/mol. The Bertz CT molecular complexity index is 870. The summed E-state index contributed by atoms with van der Waals surface area (Å²) >= 11 is 0. The number of hydrogen-bond donors (Lipinski definition) is 1. The molecule has 5 rings (SSSR count). The van der Waals surface area contributed by atoms with Gasteiger partial charge in [0.05, 0.1) is 6.10 Å². The van der Waals surface area contributed by atoms with Crippen molar-refractivity contribution in [2.75, 3.05) is 0 Å². The molecule has 4 aliphatic rings. The average molecular weight is 414 g/mol. The van der Waals surface area contributed by atoms with Gasteiger partial charge in [0.15, 0.2) is 0 Å². The number of amides is 1. The van der Waals surface area contributed by atoms with Gasteiger partial charge in [-0.3, -0.25) is 9.59 Å². The Morgan fingerprint density at radius 2 is 1.80 bits per heavy atom. The first-order chi connectivity index (χ1) is 14.2. The zero-order chi connectivity index (χ0) is 21.3. The van der Waals surface area contributed by atoms with Crippen LogP contribution in [0.5, 0.6) is 0 Å². The lowest BCUT2D eigenvalue weighted by Crippen LogP contribution is -2.64. The Hall–Kier alpha value is -1.75. The summed E-state index contributed by atoms with van der Waals surface area (Å²) in [4.78, 5) is 28.4. The molecule has 0 bridgehead atoms. The molecule has 30 heavy (non-hydrogen) atoms. The van der Waals surface area contributed by atoms with Crippen LogP contribution in [0.2, 0.25) is 0 Å². The van der Waals surface area contributed by atoms with E-state index in [0.717, 1.165) is 37.7 Å². The van der Waals surface area contributed by atoms with Gasteiger partial charge in [0.25, 0.3) is 0 Å². The smallest absolute Gasteiger partial charge is 0.223 e. The number of Topliss-reactive ketones (excluding diaryl/α,β-unsaturated/α-hetero) is 1. The second-order valence-electron chi connectivity index (χ2n) is 10.7. The molecule has 1 aromatic carbocycles. The van der Waals surface area contributed by atoms with Gasteiger partial charge in [-0.2, -0.15) is 0 Å². The van der Waals surface area contributed by atoms with Crippen LogP contribution in [0.15, 0.2) is 24.3 Å². The quantitative estimate of drug-likeness (QED) is 0.794. The Morgan fingerprint density at radius 3 is 2.53 bits per heavy atom. The summed E-state index contributed by atoms with van der Waals surface area (Å²) in [7, 11) is 0. The fraction of sp³-hybridized carbons (Fsp3) is 0.680. The van der Waals surface area contributed by atoms with Crippen molar-refractivity contribution in [2.45, 2.75) is 77.5 Å². The van der Waals surface area contributed by atoms with Crippen molar-refractivity contribution in [1.82, 2.24) is 4.90 Å². The topological polar surface area (TPSA) is 57.6 Å². The summed E-state index contributed by atoms with van der Waals surface area (Å²) in [5.41, 5.74) is 0.431. The zero-order valence-electron chi connectivity index (χ0n) is 17.9. The zero-order valence-corrected chi connectivity index (χ0v) is 17.9. The van der Waals surface area contributed by atoms with Crippen LogP contribution >= 0.6 is 0 Å². The largest absolute Gasteiger partial charge is 0.393 e. The molecule has 4 fully saturated rings. The van der Waals surface area contributed by atoms with E-state index in [9.17, 15) is 19.1 Å². The van der Waals surface area contributed by atoms with Crippen LogP contribution < -0.4 is 0 Å². The molecule has 0 radical (unpaired) electrons. The van der Waals surface area contributed by atoms with E-state index in [2.05, 4.69) is 13.8 Å². The van der Waals surface area contributed by atoms with Gasteiger partial charge >= 0.3 is 0 Å². The fourth-order valence-corrected chi connectivity index (χ4v) is 7.78. The highest BCUT2D eigenvalue weighted by atomic mass is 19.1. The summed E-state index contributed by atoms with van der Waals surface area (Å²) in [6.45, 7) is 4.82. The summed E-state index contributed by atoms with van der Waals surface area (Å²) < 4.78 is 13.3. The predicted molar refractivity (Wildman–Crippen MR) is 111 cm³/mol. The van der Waals surface area contributed by atoms with Crippen molar-refractivity contribution in [3.8, 4) is 0 Å². The van der Waals surface area contributed by atoms with Crippen LogP contribution in [0.4, 0.5) is 4.39 Å². The maximum atomic E-state index is 13.5. The first kappa shape index (κ1) is 20.2. The maximum Gasteiger partial charge on any atom is 0.223 e. The van der Waals surface area contributed by atoms with Crippen molar-refractivity contribution in [1.29, 1.82) is 0 Å². The number of hydrogen-bond acceptors (Lipinski definition) is 3. The van der Waals surface area contributed by atoms with Crippen LogP contribution in [-0.2, 0) is 16.1 Å². The number of halogens is 1. The van der Waals surface area contributed by atoms with E-state index in [4.69, 9.17) is 0 Å². The van der Waals surface area contributed by atoms with Crippen LogP contribution in [-0.4, -0.2) is 33.8 Å². The van der Waals surface area contributed by atoms with Gasteiger partial charge in [-0.25, -0.2) is 4.39 Å². The van der Waals surface area contributed by atoms with E-state index in [1.165, 1.54) is 12.1 Å². The number of aliphatic hydroxyl groups excluding tert-OH is 1. The molecule has 5 heteroatoms. The number of fused-ring (bicyclic) bond motifs is 5. The van der Waals surface area contributed by atoms with Gasteiger partial charge in [0.2, 0.25) is 5.91 Å². The SMILES string of the molecule is CC12CC(=O)[C@H]3C(CCC4N(Cc5ccc(F)cc5)C(=O)CC[C@@]43C)C1CCC2O. The summed E-state index contributed by atoms with van der Waals surface area (Å²) in [6.07, 6.45) is 4.97. The van der Waals surface area contributed by atoms with E-state index in [1.54, 1.807) is 12.1 Å². The van der Waals surface area contributed by atoms with Gasteiger partial charge < -0.3 is 10.0 Å². The minimum Gasteiger partial charge on any atom is -0.393 e. The molecular weight excluding hydrogens is 381 g/mol. The number of likely N-dealkylation sites (tertiary alicyclic amines) is 1. The number of piperidine rings is 1. The molecule has 1 amide bonds. The maximum absolute atomic E-state index is 13.5. The second-order valence-corrected chi connectivity index (χ2v) is 10.7. The Morgan fingerprint density at radius 1 is 1.07 bits per heavy atom. The highest BCUT2D eigenvalue weighted by molar-refractivity contribution is 5.85. The van der Waals surface area contributed by atoms with Crippen LogP contribution in [0.25, 0.3) is 0 Å². The van der Waals surface area contributed by atoms with Gasteiger partial charge in [-0.1, -0.05) is 26.0 Å². The number of benzene rings is 1. The molecule has 0 spiro atoms. The van der Waals surface area contributed by atoms with Gasteiger partial charge in [0.1, 0.15) is 11.6 Å². The Labute approximate surface area is 177 Å². The summed E-state index contributed by atoms with van der Waals surface area (Å²) in [5.74, 6) is 0.853. The van der Waals surface area contributed by atoms with Crippen molar-refractivity contribution >= 4 is 11.7 Å². The minimum atomic E-state index is -0.374. The van der Waals surface area contributed by atoms with E-state index < -0.39 is 0 Å². The van der Waals surface area contributed by atoms with Crippen molar-refractivity contribution in [3.63, 3.8) is 0 Å². The summed E-state index contributed by atoms with van der Waals surface area (Å²) in [5, 5.41) is 10.6. The van der Waals surface area contributed by atoms with Crippen molar-refractivity contribution in [2.24, 2.45) is 28.6 Å². The molecule has 1 saturated heterocycles. The first-order valence-corrected chi connectivity index (χ1v) is 11.5. The standard InChI is InChI=1S/C25H32FNO3/c1-24-12-11-22(30)27(14-15-3-5-16(26)6-4-15)20(24)9-7-17-18-8-10-21(29)25(18,2)13-19(28)23(17)24/h3-6,17-18,20-21,23,29H,7-14H2,1-2H3/t17?,18?,20?,21?,23-,24+,25?/m1/s1. The third-order valence-electron chi connectivity index (χ3n) is 9.29. The molecule has 3 aliphatic carbocycles. The van der Waals surface area contributed by atoms with Crippen LogP contribution in [0.3, 0.4) is 0 Å².